The zero-order valence-electron chi connectivity index (χ0n) is 22.6. The molecule has 0 radical (unpaired) electrons. The molecule has 42 heavy (non-hydrogen) atoms. The molecule has 212 valence electrons. The third kappa shape index (κ3) is 5.55. The Morgan fingerprint density at radius 3 is 1.71 bits per heavy atom. The fourth-order valence-corrected chi connectivity index (χ4v) is 7.63. The molecule has 4 N–H and O–H groups in total. The number of anilines is 2. The molecule has 2 amide bonds. The van der Waals surface area contributed by atoms with Crippen LogP contribution in [0.2, 0.25) is 0 Å². The molecule has 0 aliphatic heterocycles. The fraction of sp³-hybridized carbons (Fsp3) is 0.267. The van der Waals surface area contributed by atoms with Crippen molar-refractivity contribution in [3.63, 3.8) is 0 Å². The molecule has 6 aromatic rings. The molecule has 10 nitrogen and oxygen atoms in total. The number of aromatic nitrogens is 6. The highest BCUT2D eigenvalue weighted by atomic mass is 32.1. The second-order valence-electron chi connectivity index (χ2n) is 10.6. The van der Waals surface area contributed by atoms with Crippen molar-refractivity contribution >= 4 is 66.6 Å². The summed E-state index contributed by atoms with van der Waals surface area (Å²) in [7, 11) is 0. The first-order valence-corrected chi connectivity index (χ1v) is 15.6. The van der Waals surface area contributed by atoms with Crippen LogP contribution in [0.5, 0.6) is 0 Å². The molecule has 1 fully saturated rings. The summed E-state index contributed by atoms with van der Waals surface area (Å²) in [5.41, 5.74) is 3.97. The van der Waals surface area contributed by atoms with E-state index in [1.54, 1.807) is 0 Å². The number of carbonyl (C=O) groups excluding carboxylic acids is 2. The van der Waals surface area contributed by atoms with Gasteiger partial charge in [-0.3, -0.25) is 9.59 Å². The lowest BCUT2D eigenvalue weighted by Crippen LogP contribution is -2.14. The van der Waals surface area contributed by atoms with Crippen molar-refractivity contribution in [2.75, 3.05) is 10.6 Å². The van der Waals surface area contributed by atoms with E-state index in [9.17, 15) is 9.59 Å². The van der Waals surface area contributed by atoms with Gasteiger partial charge in [0.25, 0.3) is 0 Å². The molecule has 7 rings (SSSR count). The summed E-state index contributed by atoms with van der Waals surface area (Å²) in [5.74, 6) is 0.260. The van der Waals surface area contributed by atoms with Gasteiger partial charge in [-0.15, -0.1) is 20.4 Å². The Labute approximate surface area is 249 Å². The fourth-order valence-electron chi connectivity index (χ4n) is 5.82. The summed E-state index contributed by atoms with van der Waals surface area (Å²) < 4.78 is 0. The van der Waals surface area contributed by atoms with Crippen LogP contribution in [0.4, 0.5) is 10.3 Å². The smallest absolute Gasteiger partial charge is 0.230 e. The molecule has 4 aromatic heterocycles. The molecule has 4 heterocycles. The van der Waals surface area contributed by atoms with Gasteiger partial charge in [0.2, 0.25) is 22.1 Å². The Hall–Kier alpha value is -4.42. The van der Waals surface area contributed by atoms with E-state index in [0.717, 1.165) is 68.6 Å². The molecule has 0 unspecified atom stereocenters. The van der Waals surface area contributed by atoms with Crippen LogP contribution in [-0.2, 0) is 22.4 Å². The van der Waals surface area contributed by atoms with Gasteiger partial charge < -0.3 is 20.6 Å². The highest BCUT2D eigenvalue weighted by Crippen LogP contribution is 2.43. The zero-order chi connectivity index (χ0) is 28.5. The van der Waals surface area contributed by atoms with E-state index in [0.29, 0.717) is 10.3 Å². The number of rotatable bonds is 8. The zero-order valence-corrected chi connectivity index (χ0v) is 24.2. The van der Waals surface area contributed by atoms with Gasteiger partial charge in [0.05, 0.1) is 12.8 Å². The summed E-state index contributed by atoms with van der Waals surface area (Å²) in [6.45, 7) is 0. The quantitative estimate of drug-likeness (QED) is 0.166. The molecule has 0 spiro atoms. The molecule has 2 aromatic carbocycles. The first kappa shape index (κ1) is 26.5. The van der Waals surface area contributed by atoms with Gasteiger partial charge in [-0.25, -0.2) is 0 Å². The van der Waals surface area contributed by atoms with Crippen molar-refractivity contribution in [3.8, 4) is 0 Å². The molecule has 0 saturated heterocycles. The average molecular weight is 597 g/mol. The van der Waals surface area contributed by atoms with Crippen molar-refractivity contribution in [3.05, 3.63) is 82.1 Å². The summed E-state index contributed by atoms with van der Waals surface area (Å²) in [5, 5.41) is 28.3. The maximum atomic E-state index is 12.8. The number of nitrogens with one attached hydrogen (secondary N) is 4. The predicted octanol–water partition coefficient (Wildman–Crippen LogP) is 6.16. The van der Waals surface area contributed by atoms with Gasteiger partial charge in [0, 0.05) is 46.0 Å². The third-order valence-electron chi connectivity index (χ3n) is 7.82. The van der Waals surface area contributed by atoms with Crippen LogP contribution >= 0.6 is 22.7 Å². The van der Waals surface area contributed by atoms with Gasteiger partial charge in [0.15, 0.2) is 0 Å². The Bertz CT molecular complexity index is 1750. The summed E-state index contributed by atoms with van der Waals surface area (Å²) in [4.78, 5) is 31.9. The summed E-state index contributed by atoms with van der Waals surface area (Å²) in [6.07, 6.45) is 8.26. The lowest BCUT2D eigenvalue weighted by Gasteiger charge is -2.25. The predicted molar refractivity (Wildman–Crippen MR) is 165 cm³/mol. The highest BCUT2D eigenvalue weighted by Gasteiger charge is 2.29. The average Bonchev–Trinajstić information content (AvgIpc) is 3.81. The molecular weight excluding hydrogens is 569 g/mol. The number of hydrogen-bond acceptors (Lipinski definition) is 8. The van der Waals surface area contributed by atoms with E-state index in [1.807, 2.05) is 60.9 Å². The molecular formula is C30H28N8O2S2. The number of nitrogens with zero attached hydrogens (tertiary/aromatic N) is 4. The third-order valence-corrected chi connectivity index (χ3v) is 9.82. The second-order valence-corrected chi connectivity index (χ2v) is 12.6. The minimum atomic E-state index is -0.110. The number of H-pyrrole nitrogens is 2. The molecule has 0 bridgehead atoms. The summed E-state index contributed by atoms with van der Waals surface area (Å²) in [6, 6.07) is 15.8. The molecule has 2 atom stereocenters. The Morgan fingerprint density at radius 2 is 1.21 bits per heavy atom. The Morgan fingerprint density at radius 1 is 0.714 bits per heavy atom. The van der Waals surface area contributed by atoms with Gasteiger partial charge >= 0.3 is 0 Å². The van der Waals surface area contributed by atoms with Crippen molar-refractivity contribution in [2.24, 2.45) is 0 Å². The van der Waals surface area contributed by atoms with Gasteiger partial charge in [-0.1, -0.05) is 53.4 Å². The van der Waals surface area contributed by atoms with E-state index in [2.05, 4.69) is 41.0 Å². The Kier molecular flexibility index (Phi) is 7.22. The van der Waals surface area contributed by atoms with Crippen LogP contribution in [0.25, 0.3) is 21.8 Å². The summed E-state index contributed by atoms with van der Waals surface area (Å²) >= 11 is 2.89. The number of carbonyl (C=O) groups is 2. The van der Waals surface area contributed by atoms with Gasteiger partial charge in [-0.2, -0.15) is 0 Å². The normalized spacial score (nSPS) is 17.0. The van der Waals surface area contributed by atoms with Crippen LogP contribution in [0.1, 0.15) is 58.7 Å². The SMILES string of the molecule is O=C(Cc1cccc2[nH]ccc12)Nc1nnc([C@@H]2CCC[C@H](c3nnc(NC(=O)Cc4cccc5[nH]ccc45)s3)C2)s1. The van der Waals surface area contributed by atoms with Crippen LogP contribution < -0.4 is 10.6 Å². The van der Waals surface area contributed by atoms with Crippen molar-refractivity contribution in [1.29, 1.82) is 0 Å². The second kappa shape index (κ2) is 11.5. The van der Waals surface area contributed by atoms with Crippen LogP contribution in [0.3, 0.4) is 0 Å². The first-order valence-electron chi connectivity index (χ1n) is 14.0. The highest BCUT2D eigenvalue weighted by molar-refractivity contribution is 7.15. The number of benzene rings is 2. The number of amides is 2. The minimum absolute atomic E-state index is 0.110. The van der Waals surface area contributed by atoms with Crippen LogP contribution in [0.15, 0.2) is 60.9 Å². The van der Waals surface area contributed by atoms with Crippen LogP contribution in [-0.4, -0.2) is 42.2 Å². The minimum Gasteiger partial charge on any atom is -0.361 e. The molecule has 1 aliphatic rings. The first-order chi connectivity index (χ1) is 20.6. The van der Waals surface area contributed by atoms with Gasteiger partial charge in [0.1, 0.15) is 10.0 Å². The van der Waals surface area contributed by atoms with E-state index >= 15 is 0 Å². The topological polar surface area (TPSA) is 141 Å². The standard InChI is InChI=1S/C30H28N8O2S2/c39-25(15-17-4-2-8-23-21(17)10-12-31-23)33-29-37-35-27(41-29)19-6-1-7-20(14-19)28-36-38-30(42-28)34-26(40)16-18-5-3-9-24-22(18)11-13-32-24/h2-5,8-13,19-20,31-32H,1,6-7,14-16H2,(H,33,37,39)(H,34,38,40)/t19-,20+. The van der Waals surface area contributed by atoms with Gasteiger partial charge in [-0.05, 0) is 54.7 Å². The van der Waals surface area contributed by atoms with E-state index in [-0.39, 0.29) is 36.5 Å². The molecule has 1 saturated carbocycles. The maximum absolute atomic E-state index is 12.8. The lowest BCUT2D eigenvalue weighted by molar-refractivity contribution is -0.116. The Balaban J connectivity index is 0.954. The molecule has 1 aliphatic carbocycles. The maximum Gasteiger partial charge on any atom is 0.230 e. The van der Waals surface area contributed by atoms with Crippen molar-refractivity contribution < 1.29 is 9.59 Å². The van der Waals surface area contributed by atoms with Crippen LogP contribution in [0, 0.1) is 0 Å². The van der Waals surface area contributed by atoms with E-state index in [1.165, 1.54) is 22.7 Å². The van der Waals surface area contributed by atoms with Crippen molar-refractivity contribution in [2.45, 2.75) is 50.4 Å². The van der Waals surface area contributed by atoms with E-state index in [4.69, 9.17) is 0 Å². The number of aromatic amines is 2. The molecule has 12 heteroatoms. The lowest BCUT2D eigenvalue weighted by atomic mass is 9.82. The monoisotopic (exact) mass is 596 g/mol. The largest absolute Gasteiger partial charge is 0.361 e. The number of fused-ring (bicyclic) bond motifs is 2. The van der Waals surface area contributed by atoms with Crippen molar-refractivity contribution in [1.82, 2.24) is 30.4 Å². The van der Waals surface area contributed by atoms with E-state index < -0.39 is 0 Å². The number of hydrogen-bond donors (Lipinski definition) is 4.